The maximum atomic E-state index is 3.78. The predicted octanol–water partition coefficient (Wildman–Crippen LogP) is 3.80. The highest BCUT2D eigenvalue weighted by Crippen LogP contribution is 2.77. The normalized spacial score (nSPS) is 37.8. The van der Waals surface area contributed by atoms with Crippen molar-refractivity contribution in [1.82, 2.24) is 5.32 Å². The molecule has 2 heteroatoms. The van der Waals surface area contributed by atoms with Crippen LogP contribution in [0.2, 0.25) is 0 Å². The van der Waals surface area contributed by atoms with E-state index in [1.165, 1.54) is 32.2 Å². The molecule has 3 fully saturated rings. The molecule has 0 radical (unpaired) electrons. The van der Waals surface area contributed by atoms with Gasteiger partial charge in [0.1, 0.15) is 0 Å². The zero-order chi connectivity index (χ0) is 12.4. The minimum absolute atomic E-state index is 0.501. The van der Waals surface area contributed by atoms with E-state index in [2.05, 4.69) is 36.7 Å². The Hall–Kier alpha value is -0.340. The Morgan fingerprint density at radius 2 is 2.06 bits per heavy atom. The molecule has 0 aliphatic heterocycles. The van der Waals surface area contributed by atoms with Gasteiger partial charge in [-0.1, -0.05) is 19.9 Å². The molecule has 1 heterocycles. The number of rotatable bonds is 5. The summed E-state index contributed by atoms with van der Waals surface area (Å²) in [5.41, 5.74) is 1.02. The van der Waals surface area contributed by atoms with Gasteiger partial charge in [-0.3, -0.25) is 0 Å². The van der Waals surface area contributed by atoms with Gasteiger partial charge >= 0.3 is 0 Å². The van der Waals surface area contributed by atoms with Gasteiger partial charge in [-0.25, -0.2) is 0 Å². The second kappa shape index (κ2) is 3.61. The van der Waals surface area contributed by atoms with Crippen molar-refractivity contribution in [3.63, 3.8) is 0 Å². The van der Waals surface area contributed by atoms with E-state index in [-0.39, 0.29) is 0 Å². The lowest BCUT2D eigenvalue weighted by atomic mass is 9.88. The summed E-state index contributed by atoms with van der Waals surface area (Å²) in [6.07, 6.45) is 5.73. The summed E-state index contributed by atoms with van der Waals surface area (Å²) in [6, 6.07) is 5.48. The van der Waals surface area contributed by atoms with Crippen LogP contribution in [0.25, 0.3) is 0 Å². The van der Waals surface area contributed by atoms with Crippen LogP contribution in [0.3, 0.4) is 0 Å². The highest BCUT2D eigenvalue weighted by Gasteiger charge is 2.76. The fraction of sp³-hybridized carbons (Fsp3) is 0.750. The van der Waals surface area contributed by atoms with Crippen LogP contribution >= 0.6 is 11.3 Å². The molecule has 18 heavy (non-hydrogen) atoms. The zero-order valence-corrected chi connectivity index (χ0v) is 12.2. The van der Waals surface area contributed by atoms with Crippen molar-refractivity contribution < 1.29 is 0 Å². The van der Waals surface area contributed by atoms with Gasteiger partial charge in [0.2, 0.25) is 0 Å². The quantitative estimate of drug-likeness (QED) is 0.850. The van der Waals surface area contributed by atoms with Crippen LogP contribution in [0.4, 0.5) is 0 Å². The van der Waals surface area contributed by atoms with Crippen LogP contribution in [0, 0.1) is 17.3 Å². The van der Waals surface area contributed by atoms with Crippen molar-refractivity contribution >= 4 is 11.3 Å². The Kier molecular flexibility index (Phi) is 2.30. The Labute approximate surface area is 114 Å². The van der Waals surface area contributed by atoms with Crippen molar-refractivity contribution in [2.45, 2.75) is 51.0 Å². The number of nitrogens with one attached hydrogen (secondary N) is 1. The van der Waals surface area contributed by atoms with E-state index in [4.69, 9.17) is 0 Å². The molecule has 1 aromatic rings. The monoisotopic (exact) mass is 261 g/mol. The Morgan fingerprint density at radius 3 is 2.61 bits per heavy atom. The van der Waals surface area contributed by atoms with Gasteiger partial charge in [-0.15, -0.1) is 11.3 Å². The minimum Gasteiger partial charge on any atom is -0.314 e. The van der Waals surface area contributed by atoms with Gasteiger partial charge in [0.15, 0.2) is 0 Å². The van der Waals surface area contributed by atoms with Crippen LogP contribution in [0.15, 0.2) is 17.5 Å². The maximum absolute atomic E-state index is 3.78. The van der Waals surface area contributed by atoms with Crippen LogP contribution in [0.5, 0.6) is 0 Å². The van der Waals surface area contributed by atoms with Gasteiger partial charge in [-0.2, -0.15) is 0 Å². The lowest BCUT2D eigenvalue weighted by molar-refractivity contribution is 0.455. The van der Waals surface area contributed by atoms with Crippen LogP contribution in [-0.4, -0.2) is 12.6 Å². The fourth-order valence-corrected chi connectivity index (χ4v) is 5.68. The van der Waals surface area contributed by atoms with Crippen LogP contribution in [-0.2, 0) is 5.41 Å². The first-order chi connectivity index (χ1) is 8.67. The lowest BCUT2D eigenvalue weighted by Crippen LogP contribution is -2.23. The smallest absolute Gasteiger partial charge is 0.0175 e. The molecule has 2 atom stereocenters. The van der Waals surface area contributed by atoms with E-state index < -0.39 is 0 Å². The summed E-state index contributed by atoms with van der Waals surface area (Å²) in [5, 5.41) is 6.04. The molecule has 3 aliphatic rings. The highest BCUT2D eigenvalue weighted by atomic mass is 32.1. The number of hydrogen-bond donors (Lipinski definition) is 1. The third-order valence-corrected chi connectivity index (χ3v) is 6.76. The fourth-order valence-electron chi connectivity index (χ4n) is 4.45. The maximum Gasteiger partial charge on any atom is 0.0175 e. The minimum atomic E-state index is 0.501. The molecule has 98 valence electrons. The molecule has 0 aromatic carbocycles. The second-order valence-corrected chi connectivity index (χ2v) is 8.03. The van der Waals surface area contributed by atoms with Gasteiger partial charge in [0.25, 0.3) is 0 Å². The molecule has 0 saturated heterocycles. The molecule has 1 aromatic heterocycles. The summed E-state index contributed by atoms with van der Waals surface area (Å²) in [6.45, 7) is 6.25. The molecule has 2 unspecified atom stereocenters. The van der Waals surface area contributed by atoms with Gasteiger partial charge in [-0.05, 0) is 60.9 Å². The summed E-state index contributed by atoms with van der Waals surface area (Å²) in [7, 11) is 0. The molecule has 4 rings (SSSR count). The average molecular weight is 261 g/mol. The first-order valence-corrected chi connectivity index (χ1v) is 8.32. The van der Waals surface area contributed by atoms with Gasteiger partial charge in [0, 0.05) is 16.3 Å². The highest BCUT2D eigenvalue weighted by molar-refractivity contribution is 7.10. The topological polar surface area (TPSA) is 12.0 Å². The second-order valence-electron chi connectivity index (χ2n) is 7.08. The van der Waals surface area contributed by atoms with E-state index in [1.54, 1.807) is 4.88 Å². The third-order valence-electron chi connectivity index (χ3n) is 5.74. The standard InChI is InChI=1S/C16H23NS/c1-15(2)13(10-17-12-7-8-12)16(15,11-5-6-11)14-4-3-9-18-14/h3-4,9,11-13,17H,5-8,10H2,1-2H3. The number of hydrogen-bond acceptors (Lipinski definition) is 2. The van der Waals surface area contributed by atoms with E-state index >= 15 is 0 Å². The van der Waals surface area contributed by atoms with Crippen molar-refractivity contribution in [2.75, 3.05) is 6.54 Å². The molecular formula is C16H23NS. The summed E-state index contributed by atoms with van der Waals surface area (Å²) < 4.78 is 0. The van der Waals surface area contributed by atoms with E-state index in [0.29, 0.717) is 10.8 Å². The van der Waals surface area contributed by atoms with Crippen molar-refractivity contribution in [3.05, 3.63) is 22.4 Å². The Morgan fingerprint density at radius 1 is 1.28 bits per heavy atom. The molecule has 0 amide bonds. The molecular weight excluding hydrogens is 238 g/mol. The summed E-state index contributed by atoms with van der Waals surface area (Å²) >= 11 is 1.99. The molecule has 0 bridgehead atoms. The lowest BCUT2D eigenvalue weighted by Gasteiger charge is -2.18. The van der Waals surface area contributed by atoms with Crippen molar-refractivity contribution in [1.29, 1.82) is 0 Å². The molecule has 0 spiro atoms. The molecule has 1 nitrogen and oxygen atoms in total. The van der Waals surface area contributed by atoms with E-state index in [1.807, 2.05) is 11.3 Å². The summed E-state index contributed by atoms with van der Waals surface area (Å²) in [5.74, 6) is 1.83. The largest absolute Gasteiger partial charge is 0.314 e. The van der Waals surface area contributed by atoms with E-state index in [0.717, 1.165) is 17.9 Å². The Bertz CT molecular complexity index is 442. The predicted molar refractivity (Wildman–Crippen MR) is 77.0 cm³/mol. The summed E-state index contributed by atoms with van der Waals surface area (Å²) in [4.78, 5) is 1.66. The van der Waals surface area contributed by atoms with Crippen LogP contribution in [0.1, 0.15) is 44.4 Å². The average Bonchev–Trinajstić information content (AvgIpc) is 3.24. The van der Waals surface area contributed by atoms with Crippen molar-refractivity contribution in [3.8, 4) is 0 Å². The Balaban J connectivity index is 1.62. The molecule has 3 saturated carbocycles. The van der Waals surface area contributed by atoms with Crippen molar-refractivity contribution in [2.24, 2.45) is 17.3 Å². The SMILES string of the molecule is CC1(C)C(CNC2CC2)C1(c1cccs1)C1CC1. The van der Waals surface area contributed by atoms with Gasteiger partial charge in [0.05, 0.1) is 0 Å². The molecule has 1 N–H and O–H groups in total. The first-order valence-electron chi connectivity index (χ1n) is 7.44. The molecule has 3 aliphatic carbocycles. The van der Waals surface area contributed by atoms with Crippen LogP contribution < -0.4 is 5.32 Å². The first kappa shape index (κ1) is 11.5. The van der Waals surface area contributed by atoms with E-state index in [9.17, 15) is 0 Å². The third kappa shape index (κ3) is 1.42. The zero-order valence-electron chi connectivity index (χ0n) is 11.4. The number of thiophene rings is 1. The van der Waals surface area contributed by atoms with Gasteiger partial charge < -0.3 is 5.32 Å².